The molecule has 0 N–H and O–H groups in total. The van der Waals surface area contributed by atoms with Crippen LogP contribution in [0.3, 0.4) is 0 Å². The van der Waals surface area contributed by atoms with Crippen molar-refractivity contribution in [3.05, 3.63) is 78.4 Å². The fraction of sp³-hybridized carbons (Fsp3) is 0.370. The van der Waals surface area contributed by atoms with Gasteiger partial charge in [-0.05, 0) is 49.6 Å². The molecule has 0 radical (unpaired) electrons. The number of piperazine rings is 1. The van der Waals surface area contributed by atoms with Crippen molar-refractivity contribution in [3.63, 3.8) is 0 Å². The Hall–Kier alpha value is -2.63. The van der Waals surface area contributed by atoms with Crippen molar-refractivity contribution in [2.24, 2.45) is 0 Å². The fourth-order valence-electron chi connectivity index (χ4n) is 4.50. The molecule has 1 aromatic heterocycles. The lowest BCUT2D eigenvalue weighted by molar-refractivity contribution is -0.147. The third-order valence-corrected chi connectivity index (χ3v) is 7.73. The maximum absolute atomic E-state index is 12.6. The number of benzene rings is 2. The second kappa shape index (κ2) is 10.3. The Morgan fingerprint density at radius 1 is 0.938 bits per heavy atom. The normalized spacial score (nSPS) is 16.5. The number of methoxy groups -OCH3 is 1. The van der Waals surface area contributed by atoms with E-state index in [1.165, 1.54) is 22.6 Å². The highest BCUT2D eigenvalue weighted by molar-refractivity contribution is 7.19. The van der Waals surface area contributed by atoms with Gasteiger partial charge in [0.15, 0.2) is 0 Å². The lowest BCUT2D eigenvalue weighted by Gasteiger charge is -2.36. The van der Waals surface area contributed by atoms with Gasteiger partial charge in [-0.2, -0.15) is 0 Å². The predicted octanol–water partition coefficient (Wildman–Crippen LogP) is 5.45. The molecule has 0 saturated carbocycles. The zero-order chi connectivity index (χ0) is 22.4. The molecule has 5 heteroatoms. The molecule has 0 spiro atoms. The van der Waals surface area contributed by atoms with Crippen LogP contribution in [0.1, 0.15) is 25.3 Å². The SMILES string of the molecule is COC(=O)C(C)(CCCN1CCN(c2ccc(-c3ccccc3)s2)CC1)c1ccccc1. The van der Waals surface area contributed by atoms with Crippen LogP contribution in [0.5, 0.6) is 0 Å². The van der Waals surface area contributed by atoms with Crippen molar-refractivity contribution >= 4 is 22.3 Å². The number of ether oxygens (including phenoxy) is 1. The van der Waals surface area contributed by atoms with Gasteiger partial charge in [-0.25, -0.2) is 0 Å². The highest BCUT2D eigenvalue weighted by Gasteiger charge is 2.36. The first-order valence-corrected chi connectivity index (χ1v) is 12.2. The first-order chi connectivity index (χ1) is 15.6. The molecule has 2 heterocycles. The van der Waals surface area contributed by atoms with Crippen LogP contribution in [0.4, 0.5) is 5.00 Å². The number of carbonyl (C=O) groups is 1. The molecule has 1 aliphatic rings. The molecule has 3 aromatic rings. The van der Waals surface area contributed by atoms with Crippen LogP contribution in [-0.2, 0) is 14.9 Å². The van der Waals surface area contributed by atoms with Crippen molar-refractivity contribution in [2.45, 2.75) is 25.2 Å². The minimum atomic E-state index is -0.595. The van der Waals surface area contributed by atoms with Crippen molar-refractivity contribution in [2.75, 3.05) is 44.7 Å². The molecule has 0 amide bonds. The first-order valence-electron chi connectivity index (χ1n) is 11.4. The van der Waals surface area contributed by atoms with Gasteiger partial charge in [0, 0.05) is 31.1 Å². The summed E-state index contributed by atoms with van der Waals surface area (Å²) in [4.78, 5) is 18.9. The van der Waals surface area contributed by atoms with E-state index in [9.17, 15) is 4.79 Å². The summed E-state index contributed by atoms with van der Waals surface area (Å²) in [6.07, 6.45) is 1.76. The van der Waals surface area contributed by atoms with Gasteiger partial charge in [-0.1, -0.05) is 60.7 Å². The molecule has 2 aromatic carbocycles. The molecule has 1 atom stereocenters. The van der Waals surface area contributed by atoms with Crippen LogP contribution in [0.15, 0.2) is 72.8 Å². The zero-order valence-corrected chi connectivity index (χ0v) is 19.8. The molecular weight excluding hydrogens is 416 g/mol. The smallest absolute Gasteiger partial charge is 0.315 e. The van der Waals surface area contributed by atoms with E-state index in [4.69, 9.17) is 4.74 Å². The number of rotatable bonds is 8. The van der Waals surface area contributed by atoms with E-state index in [1.54, 1.807) is 0 Å². The van der Waals surface area contributed by atoms with E-state index in [1.807, 2.05) is 48.6 Å². The number of carbonyl (C=O) groups excluding carboxylic acids is 1. The molecule has 1 saturated heterocycles. The van der Waals surface area contributed by atoms with Crippen molar-refractivity contribution in [3.8, 4) is 10.4 Å². The summed E-state index contributed by atoms with van der Waals surface area (Å²) < 4.78 is 5.15. The first kappa shape index (κ1) is 22.6. The lowest BCUT2D eigenvalue weighted by atomic mass is 9.78. The summed E-state index contributed by atoms with van der Waals surface area (Å²) in [7, 11) is 1.48. The monoisotopic (exact) mass is 448 g/mol. The number of hydrogen-bond donors (Lipinski definition) is 0. The molecule has 1 fully saturated rings. The van der Waals surface area contributed by atoms with E-state index in [-0.39, 0.29) is 5.97 Å². The standard InChI is InChI=1S/C27H32N2O2S/c1-27(26(30)31-2,23-12-7-4-8-13-23)16-9-17-28-18-20-29(21-19-28)25-15-14-24(32-25)22-10-5-3-6-11-22/h3-8,10-15H,9,16-21H2,1-2H3. The zero-order valence-electron chi connectivity index (χ0n) is 19.0. The Labute approximate surface area is 195 Å². The Morgan fingerprint density at radius 3 is 2.25 bits per heavy atom. The highest BCUT2D eigenvalue weighted by Crippen LogP contribution is 2.34. The van der Waals surface area contributed by atoms with Gasteiger partial charge < -0.3 is 9.64 Å². The largest absolute Gasteiger partial charge is 0.468 e. The molecule has 0 aliphatic carbocycles. The topological polar surface area (TPSA) is 32.8 Å². The average Bonchev–Trinajstić information content (AvgIpc) is 3.35. The van der Waals surface area contributed by atoms with E-state index in [2.05, 4.69) is 52.3 Å². The molecule has 4 nitrogen and oxygen atoms in total. The number of hydrogen-bond acceptors (Lipinski definition) is 5. The summed E-state index contributed by atoms with van der Waals surface area (Å²) >= 11 is 1.87. The molecule has 168 valence electrons. The Balaban J connectivity index is 1.29. The van der Waals surface area contributed by atoms with Gasteiger partial charge in [-0.3, -0.25) is 9.69 Å². The number of esters is 1. The fourth-order valence-corrected chi connectivity index (χ4v) is 5.56. The molecular formula is C27H32N2O2S. The van der Waals surface area contributed by atoms with Crippen molar-refractivity contribution in [1.29, 1.82) is 0 Å². The maximum atomic E-state index is 12.6. The van der Waals surface area contributed by atoms with Crippen LogP contribution in [0.25, 0.3) is 10.4 Å². The van der Waals surface area contributed by atoms with Gasteiger partial charge in [0.2, 0.25) is 0 Å². The minimum absolute atomic E-state index is 0.152. The average molecular weight is 449 g/mol. The summed E-state index contributed by atoms with van der Waals surface area (Å²) in [5, 5.41) is 1.35. The van der Waals surface area contributed by atoms with E-state index in [0.29, 0.717) is 0 Å². The summed E-state index contributed by atoms with van der Waals surface area (Å²) in [6, 6.07) is 25.1. The Bertz CT molecular complexity index is 997. The second-order valence-electron chi connectivity index (χ2n) is 8.63. The number of anilines is 1. The molecule has 0 bridgehead atoms. The van der Waals surface area contributed by atoms with Gasteiger partial charge in [0.05, 0.1) is 17.5 Å². The second-order valence-corrected chi connectivity index (χ2v) is 9.69. The van der Waals surface area contributed by atoms with Crippen LogP contribution in [0, 0.1) is 0 Å². The van der Waals surface area contributed by atoms with Gasteiger partial charge in [-0.15, -0.1) is 11.3 Å². The lowest BCUT2D eigenvalue weighted by Crippen LogP contribution is -2.46. The number of thiophene rings is 1. The van der Waals surface area contributed by atoms with Gasteiger partial charge in [0.25, 0.3) is 0 Å². The van der Waals surface area contributed by atoms with Crippen LogP contribution < -0.4 is 4.90 Å². The predicted molar refractivity (Wildman–Crippen MR) is 133 cm³/mol. The van der Waals surface area contributed by atoms with E-state index >= 15 is 0 Å². The maximum Gasteiger partial charge on any atom is 0.315 e. The summed E-state index contributed by atoms with van der Waals surface area (Å²) in [5.74, 6) is -0.152. The Morgan fingerprint density at radius 2 is 1.59 bits per heavy atom. The van der Waals surface area contributed by atoms with Gasteiger partial charge >= 0.3 is 5.97 Å². The highest BCUT2D eigenvalue weighted by atomic mass is 32.1. The van der Waals surface area contributed by atoms with Crippen LogP contribution in [0.2, 0.25) is 0 Å². The summed E-state index contributed by atoms with van der Waals surface area (Å²) in [5.41, 5.74) is 1.72. The third-order valence-electron chi connectivity index (χ3n) is 6.53. The van der Waals surface area contributed by atoms with Crippen LogP contribution >= 0.6 is 11.3 Å². The summed E-state index contributed by atoms with van der Waals surface area (Å²) in [6.45, 7) is 7.21. The van der Waals surface area contributed by atoms with Crippen molar-refractivity contribution in [1.82, 2.24) is 4.90 Å². The molecule has 1 aliphatic heterocycles. The number of nitrogens with zero attached hydrogens (tertiary/aromatic N) is 2. The van der Waals surface area contributed by atoms with Crippen molar-refractivity contribution < 1.29 is 9.53 Å². The van der Waals surface area contributed by atoms with Gasteiger partial charge in [0.1, 0.15) is 0 Å². The Kier molecular flexibility index (Phi) is 7.28. The molecule has 4 rings (SSSR count). The van der Waals surface area contributed by atoms with E-state index in [0.717, 1.165) is 51.1 Å². The van der Waals surface area contributed by atoms with E-state index < -0.39 is 5.41 Å². The minimum Gasteiger partial charge on any atom is -0.468 e. The molecule has 32 heavy (non-hydrogen) atoms. The van der Waals surface area contributed by atoms with Crippen LogP contribution in [-0.4, -0.2) is 50.7 Å². The molecule has 1 unspecified atom stereocenters. The quantitative estimate of drug-likeness (QED) is 0.429. The third kappa shape index (κ3) is 5.05.